The van der Waals surface area contributed by atoms with Crippen molar-refractivity contribution in [2.45, 2.75) is 27.2 Å². The third-order valence-electron chi connectivity index (χ3n) is 5.36. The predicted octanol–water partition coefficient (Wildman–Crippen LogP) is 7.51. The van der Waals surface area contributed by atoms with Crippen molar-refractivity contribution in [3.05, 3.63) is 85.8 Å². The van der Waals surface area contributed by atoms with E-state index in [9.17, 15) is 4.79 Å². The fraction of sp³-hybridized carbons (Fsp3) is 0.214. The molecule has 3 aromatic rings. The molecular weight excluding hydrogens is 571 g/mol. The highest BCUT2D eigenvalue weighted by Crippen LogP contribution is 2.39. The van der Waals surface area contributed by atoms with Crippen molar-refractivity contribution in [2.24, 2.45) is 4.99 Å². The average molecular weight is 599 g/mol. The second-order valence-electron chi connectivity index (χ2n) is 8.20. The van der Waals surface area contributed by atoms with Crippen molar-refractivity contribution >= 4 is 62.9 Å². The highest BCUT2D eigenvalue weighted by Gasteiger charge is 2.35. The van der Waals surface area contributed by atoms with Crippen LogP contribution >= 0.6 is 34.4 Å². The predicted molar refractivity (Wildman–Crippen MR) is 154 cm³/mol. The number of benzene rings is 3. The van der Waals surface area contributed by atoms with Gasteiger partial charge in [-0.2, -0.15) is 0 Å². The van der Waals surface area contributed by atoms with Crippen LogP contribution in [-0.4, -0.2) is 24.8 Å². The van der Waals surface area contributed by atoms with Gasteiger partial charge in [-0.25, -0.2) is 4.99 Å². The second kappa shape index (κ2) is 11.3. The van der Waals surface area contributed by atoms with Gasteiger partial charge in [0, 0.05) is 0 Å². The zero-order valence-corrected chi connectivity index (χ0v) is 23.1. The zero-order valence-electron chi connectivity index (χ0n) is 20.2. The maximum absolute atomic E-state index is 13.6. The molecule has 1 amide bonds. The summed E-state index contributed by atoms with van der Waals surface area (Å²) in [6.45, 7) is 6.75. The van der Waals surface area contributed by atoms with E-state index in [0.29, 0.717) is 22.4 Å². The number of ether oxygens (including phenoxy) is 2. The highest BCUT2D eigenvalue weighted by atomic mass is 127. The Morgan fingerprint density at radius 3 is 2.31 bits per heavy atom. The number of nitrogens with zero attached hydrogens (tertiary/aromatic N) is 2. The van der Waals surface area contributed by atoms with Crippen LogP contribution in [0.2, 0.25) is 0 Å². The number of aliphatic imine (C=N–C) groups is 1. The van der Waals surface area contributed by atoms with Crippen LogP contribution in [0.25, 0.3) is 6.08 Å². The van der Waals surface area contributed by atoms with Gasteiger partial charge in [-0.1, -0.05) is 42.3 Å². The van der Waals surface area contributed by atoms with Crippen LogP contribution < -0.4 is 14.4 Å². The molecule has 0 spiro atoms. The molecule has 5 nitrogen and oxygen atoms in total. The Balaban J connectivity index is 1.74. The number of anilines is 1. The third kappa shape index (κ3) is 5.90. The summed E-state index contributed by atoms with van der Waals surface area (Å²) < 4.78 is 12.4. The number of thioether (sulfide) groups is 1. The molecule has 0 bridgehead atoms. The largest absolute Gasteiger partial charge is 0.493 e. The summed E-state index contributed by atoms with van der Waals surface area (Å²) in [7, 11) is 1.63. The average Bonchev–Trinajstić information content (AvgIpc) is 3.14. The minimum atomic E-state index is -0.106. The lowest BCUT2D eigenvalue weighted by Gasteiger charge is -2.16. The van der Waals surface area contributed by atoms with Gasteiger partial charge in [-0.05, 0) is 103 Å². The Hall–Kier alpha value is -2.78. The monoisotopic (exact) mass is 598 g/mol. The fourth-order valence-electron chi connectivity index (χ4n) is 3.52. The lowest BCUT2D eigenvalue weighted by molar-refractivity contribution is -0.113. The van der Waals surface area contributed by atoms with Gasteiger partial charge < -0.3 is 9.47 Å². The summed E-state index contributed by atoms with van der Waals surface area (Å²) in [5, 5.41) is 0.624. The standard InChI is InChI=1S/C28H27IN2O3S/c1-5-14-34-26-23(29)15-20(16-24(26)33-4)17-25-27(32)31(22-12-8-19(3)9-13-22)28(35-25)30-21-10-6-18(2)7-11-21/h6-13,15-17H,5,14H2,1-4H3/b25-17-,30-28?. The number of aryl methyl sites for hydroxylation is 2. The number of methoxy groups -OCH3 is 1. The molecule has 0 aliphatic carbocycles. The van der Waals surface area contributed by atoms with E-state index < -0.39 is 0 Å². The first-order chi connectivity index (χ1) is 16.9. The number of carbonyl (C=O) groups excluding carboxylic acids is 1. The molecular formula is C28H27IN2O3S. The number of hydrogen-bond acceptors (Lipinski definition) is 5. The van der Waals surface area contributed by atoms with Gasteiger partial charge in [0.2, 0.25) is 0 Å². The smallest absolute Gasteiger partial charge is 0.271 e. The third-order valence-corrected chi connectivity index (χ3v) is 7.13. The number of carbonyl (C=O) groups is 1. The van der Waals surface area contributed by atoms with Crippen LogP contribution in [0.5, 0.6) is 11.5 Å². The number of amides is 1. The number of amidine groups is 1. The maximum atomic E-state index is 13.6. The Labute approximate surface area is 224 Å². The Kier molecular flexibility index (Phi) is 8.18. The van der Waals surface area contributed by atoms with Crippen molar-refractivity contribution < 1.29 is 14.3 Å². The van der Waals surface area contributed by atoms with Gasteiger partial charge in [-0.15, -0.1) is 0 Å². The first kappa shape index (κ1) is 25.3. The highest BCUT2D eigenvalue weighted by molar-refractivity contribution is 14.1. The Bertz CT molecular complexity index is 1280. The molecule has 3 aromatic carbocycles. The summed E-state index contributed by atoms with van der Waals surface area (Å²) in [5.41, 5.74) is 4.75. The van der Waals surface area contributed by atoms with Gasteiger partial charge in [0.15, 0.2) is 16.7 Å². The van der Waals surface area contributed by atoms with Gasteiger partial charge >= 0.3 is 0 Å². The first-order valence-corrected chi connectivity index (χ1v) is 13.3. The molecule has 7 heteroatoms. The molecule has 180 valence electrons. The van der Waals surface area contributed by atoms with Crippen molar-refractivity contribution in [1.82, 2.24) is 0 Å². The normalized spacial score (nSPS) is 15.8. The second-order valence-corrected chi connectivity index (χ2v) is 10.4. The molecule has 1 aliphatic heterocycles. The van der Waals surface area contributed by atoms with Crippen LogP contribution in [0.1, 0.15) is 30.0 Å². The minimum Gasteiger partial charge on any atom is -0.493 e. The van der Waals surface area contributed by atoms with Crippen LogP contribution in [0.4, 0.5) is 11.4 Å². The Morgan fingerprint density at radius 2 is 1.69 bits per heavy atom. The molecule has 1 aliphatic rings. The molecule has 0 unspecified atom stereocenters. The summed E-state index contributed by atoms with van der Waals surface area (Å²) >= 11 is 3.61. The fourth-order valence-corrected chi connectivity index (χ4v) is 5.30. The van der Waals surface area contributed by atoms with Gasteiger partial charge in [-0.3, -0.25) is 9.69 Å². The van der Waals surface area contributed by atoms with Crippen LogP contribution in [-0.2, 0) is 4.79 Å². The maximum Gasteiger partial charge on any atom is 0.271 e. The van der Waals surface area contributed by atoms with Gasteiger partial charge in [0.1, 0.15) is 0 Å². The molecule has 0 N–H and O–H groups in total. The van der Waals surface area contributed by atoms with E-state index in [4.69, 9.17) is 14.5 Å². The first-order valence-electron chi connectivity index (χ1n) is 11.4. The topological polar surface area (TPSA) is 51.1 Å². The zero-order chi connectivity index (χ0) is 24.9. The van der Waals surface area contributed by atoms with E-state index in [2.05, 4.69) is 29.5 Å². The van der Waals surface area contributed by atoms with Gasteiger partial charge in [0.05, 0.1) is 33.6 Å². The van der Waals surface area contributed by atoms with Crippen molar-refractivity contribution in [1.29, 1.82) is 0 Å². The molecule has 35 heavy (non-hydrogen) atoms. The SMILES string of the molecule is CCCOc1c(I)cc(/C=C2\SC(=Nc3ccc(C)cc3)N(c3ccc(C)cc3)C2=O)cc1OC. The molecule has 1 heterocycles. The molecule has 0 atom stereocenters. The lowest BCUT2D eigenvalue weighted by Crippen LogP contribution is -2.28. The molecule has 1 fully saturated rings. The van der Waals surface area contributed by atoms with E-state index in [0.717, 1.165) is 43.8 Å². The minimum absolute atomic E-state index is 0.106. The van der Waals surface area contributed by atoms with E-state index in [1.807, 2.05) is 80.6 Å². The van der Waals surface area contributed by atoms with E-state index >= 15 is 0 Å². The van der Waals surface area contributed by atoms with Crippen LogP contribution in [0, 0.1) is 17.4 Å². The summed E-state index contributed by atoms with van der Waals surface area (Å²) in [4.78, 5) is 20.7. The van der Waals surface area contributed by atoms with E-state index in [-0.39, 0.29) is 5.91 Å². The summed E-state index contributed by atoms with van der Waals surface area (Å²) in [6, 6.07) is 19.8. The van der Waals surface area contributed by atoms with E-state index in [1.54, 1.807) is 12.0 Å². The summed E-state index contributed by atoms with van der Waals surface area (Å²) in [6.07, 6.45) is 2.80. The molecule has 0 saturated carbocycles. The van der Waals surface area contributed by atoms with Crippen LogP contribution in [0.3, 0.4) is 0 Å². The van der Waals surface area contributed by atoms with Crippen LogP contribution in [0.15, 0.2) is 70.6 Å². The van der Waals surface area contributed by atoms with Crippen molar-refractivity contribution in [3.63, 3.8) is 0 Å². The lowest BCUT2D eigenvalue weighted by atomic mass is 10.1. The molecule has 4 rings (SSSR count). The van der Waals surface area contributed by atoms with Gasteiger partial charge in [0.25, 0.3) is 5.91 Å². The summed E-state index contributed by atoms with van der Waals surface area (Å²) in [5.74, 6) is 1.27. The van der Waals surface area contributed by atoms with Crippen molar-refractivity contribution in [3.8, 4) is 11.5 Å². The molecule has 0 radical (unpaired) electrons. The van der Waals surface area contributed by atoms with E-state index in [1.165, 1.54) is 11.8 Å². The van der Waals surface area contributed by atoms with Crippen molar-refractivity contribution in [2.75, 3.05) is 18.6 Å². The quantitative estimate of drug-likeness (QED) is 0.209. The number of halogens is 1. The number of hydrogen-bond donors (Lipinski definition) is 0. The number of rotatable bonds is 7. The molecule has 0 aromatic heterocycles. The molecule has 1 saturated heterocycles. The Morgan fingerprint density at radius 1 is 1.03 bits per heavy atom.